The number of hydrogen-bond donors (Lipinski definition) is 2. The van der Waals surface area contributed by atoms with E-state index in [1.165, 1.54) is 12.1 Å². The lowest BCUT2D eigenvalue weighted by molar-refractivity contribution is 0.0953. The first kappa shape index (κ1) is 17.9. The molecule has 2 N–H and O–H groups in total. The summed E-state index contributed by atoms with van der Waals surface area (Å²) in [5, 5.41) is 3.57. The van der Waals surface area contributed by atoms with Crippen LogP contribution >= 0.6 is 0 Å². The first-order valence-corrected chi connectivity index (χ1v) is 9.74. The molecular formula is C19H19N3O3S. The molecule has 134 valence electrons. The second kappa shape index (κ2) is 7.53. The molecule has 2 aromatic carbocycles. The van der Waals surface area contributed by atoms with Crippen molar-refractivity contribution in [2.75, 3.05) is 11.3 Å². The number of nitrogens with zero attached hydrogens (tertiary/aromatic N) is 1. The second-order valence-corrected chi connectivity index (χ2v) is 7.45. The van der Waals surface area contributed by atoms with E-state index in [9.17, 15) is 13.2 Å². The Hall–Kier alpha value is -2.93. The van der Waals surface area contributed by atoms with Crippen molar-refractivity contribution >= 4 is 32.5 Å². The molecule has 0 atom stereocenters. The molecule has 6 nitrogen and oxygen atoms in total. The van der Waals surface area contributed by atoms with E-state index >= 15 is 0 Å². The topological polar surface area (TPSA) is 88.2 Å². The fraction of sp³-hybridized carbons (Fsp3) is 0.158. The summed E-state index contributed by atoms with van der Waals surface area (Å²) in [6, 6.07) is 14.9. The largest absolute Gasteiger partial charge is 0.352 e. The zero-order valence-electron chi connectivity index (χ0n) is 14.3. The van der Waals surface area contributed by atoms with Crippen LogP contribution in [0, 0.1) is 0 Å². The average Bonchev–Trinajstić information content (AvgIpc) is 2.66. The fourth-order valence-electron chi connectivity index (χ4n) is 2.54. The van der Waals surface area contributed by atoms with Gasteiger partial charge in [-0.15, -0.1) is 0 Å². The van der Waals surface area contributed by atoms with Crippen molar-refractivity contribution < 1.29 is 13.2 Å². The van der Waals surface area contributed by atoms with E-state index in [1.807, 2.05) is 19.1 Å². The van der Waals surface area contributed by atoms with E-state index < -0.39 is 10.0 Å². The summed E-state index contributed by atoms with van der Waals surface area (Å²) >= 11 is 0. The Morgan fingerprint density at radius 1 is 1.08 bits per heavy atom. The number of nitrogens with one attached hydrogen (secondary N) is 2. The Balaban J connectivity index is 1.92. The van der Waals surface area contributed by atoms with Gasteiger partial charge >= 0.3 is 0 Å². The number of pyridine rings is 1. The van der Waals surface area contributed by atoms with Crippen LogP contribution in [0.2, 0.25) is 0 Å². The lowest BCUT2D eigenvalue weighted by Gasteiger charge is -2.11. The second-order valence-electron chi connectivity index (χ2n) is 5.77. The lowest BCUT2D eigenvalue weighted by Crippen LogP contribution is -2.24. The summed E-state index contributed by atoms with van der Waals surface area (Å²) < 4.78 is 28.1. The molecule has 0 fully saturated rings. The number of benzene rings is 2. The predicted molar refractivity (Wildman–Crippen MR) is 102 cm³/mol. The van der Waals surface area contributed by atoms with E-state index in [0.29, 0.717) is 23.3 Å². The third-order valence-electron chi connectivity index (χ3n) is 3.82. The quantitative estimate of drug-likeness (QED) is 0.698. The fourth-order valence-corrected chi connectivity index (χ4v) is 3.65. The van der Waals surface area contributed by atoms with Crippen LogP contribution in [0.1, 0.15) is 23.7 Å². The zero-order valence-corrected chi connectivity index (χ0v) is 15.1. The van der Waals surface area contributed by atoms with Gasteiger partial charge in [0.25, 0.3) is 15.9 Å². The molecule has 0 aliphatic rings. The number of aromatic nitrogens is 1. The maximum Gasteiger partial charge on any atom is 0.261 e. The number of hydrogen-bond acceptors (Lipinski definition) is 4. The Labute approximate surface area is 152 Å². The number of rotatable bonds is 6. The third kappa shape index (κ3) is 3.83. The maximum atomic E-state index is 12.8. The number of fused-ring (bicyclic) bond motifs is 1. The third-order valence-corrected chi connectivity index (χ3v) is 5.18. The Kier molecular flexibility index (Phi) is 5.18. The van der Waals surface area contributed by atoms with Crippen molar-refractivity contribution in [3.8, 4) is 0 Å². The van der Waals surface area contributed by atoms with Gasteiger partial charge in [-0.3, -0.25) is 14.5 Å². The highest BCUT2D eigenvalue weighted by Crippen LogP contribution is 2.24. The van der Waals surface area contributed by atoms with Crippen molar-refractivity contribution in [3.63, 3.8) is 0 Å². The highest BCUT2D eigenvalue weighted by atomic mass is 32.2. The number of carbonyl (C=O) groups excluding carboxylic acids is 1. The number of sulfonamides is 1. The summed E-state index contributed by atoms with van der Waals surface area (Å²) in [7, 11) is -3.85. The molecule has 26 heavy (non-hydrogen) atoms. The van der Waals surface area contributed by atoms with Crippen LogP contribution in [0.5, 0.6) is 0 Å². The molecule has 0 spiro atoms. The van der Waals surface area contributed by atoms with Gasteiger partial charge in [-0.1, -0.05) is 31.2 Å². The van der Waals surface area contributed by atoms with Gasteiger partial charge in [0.1, 0.15) is 0 Å². The van der Waals surface area contributed by atoms with Gasteiger partial charge in [0.05, 0.1) is 16.1 Å². The van der Waals surface area contributed by atoms with Gasteiger partial charge in [-0.25, -0.2) is 8.42 Å². The van der Waals surface area contributed by atoms with Crippen LogP contribution in [-0.2, 0) is 10.0 Å². The first-order valence-electron chi connectivity index (χ1n) is 8.26. The predicted octanol–water partition coefficient (Wildman–Crippen LogP) is 3.18. The van der Waals surface area contributed by atoms with Gasteiger partial charge in [-0.2, -0.15) is 0 Å². The van der Waals surface area contributed by atoms with Crippen LogP contribution in [0.25, 0.3) is 10.9 Å². The molecule has 0 aliphatic heterocycles. The molecule has 3 aromatic rings. The smallest absolute Gasteiger partial charge is 0.261 e. The molecule has 1 aromatic heterocycles. The highest BCUT2D eigenvalue weighted by Gasteiger charge is 2.17. The van der Waals surface area contributed by atoms with E-state index in [1.54, 1.807) is 36.5 Å². The number of anilines is 1. The van der Waals surface area contributed by atoms with Crippen molar-refractivity contribution in [2.45, 2.75) is 18.2 Å². The molecule has 1 heterocycles. The summed E-state index contributed by atoms with van der Waals surface area (Å²) in [4.78, 5) is 16.3. The molecule has 7 heteroatoms. The van der Waals surface area contributed by atoms with Gasteiger partial charge in [0.15, 0.2) is 0 Å². The zero-order chi connectivity index (χ0) is 18.6. The Morgan fingerprint density at radius 3 is 2.65 bits per heavy atom. The monoisotopic (exact) mass is 369 g/mol. The van der Waals surface area contributed by atoms with Crippen molar-refractivity contribution in [3.05, 3.63) is 66.4 Å². The number of amides is 1. The van der Waals surface area contributed by atoms with Gasteiger partial charge in [0.2, 0.25) is 0 Å². The van der Waals surface area contributed by atoms with E-state index in [-0.39, 0.29) is 10.8 Å². The summed E-state index contributed by atoms with van der Waals surface area (Å²) in [5.74, 6) is -0.296. The summed E-state index contributed by atoms with van der Waals surface area (Å²) in [6.07, 6.45) is 2.41. The van der Waals surface area contributed by atoms with Crippen LogP contribution in [0.4, 0.5) is 5.69 Å². The van der Waals surface area contributed by atoms with Gasteiger partial charge in [-0.05, 0) is 36.8 Å². The van der Waals surface area contributed by atoms with Gasteiger partial charge < -0.3 is 5.32 Å². The van der Waals surface area contributed by atoms with Crippen molar-refractivity contribution in [1.29, 1.82) is 0 Å². The normalized spacial score (nSPS) is 11.3. The van der Waals surface area contributed by atoms with Crippen LogP contribution in [-0.4, -0.2) is 25.9 Å². The average molecular weight is 369 g/mol. The Morgan fingerprint density at radius 2 is 1.85 bits per heavy atom. The van der Waals surface area contributed by atoms with E-state index in [2.05, 4.69) is 15.0 Å². The number of carbonyl (C=O) groups is 1. The van der Waals surface area contributed by atoms with Crippen LogP contribution < -0.4 is 10.0 Å². The molecule has 0 bridgehead atoms. The minimum atomic E-state index is -3.85. The Bertz CT molecular complexity index is 1040. The van der Waals surface area contributed by atoms with Crippen molar-refractivity contribution in [2.24, 2.45) is 0 Å². The maximum absolute atomic E-state index is 12.8. The molecule has 3 rings (SSSR count). The van der Waals surface area contributed by atoms with Crippen molar-refractivity contribution in [1.82, 2.24) is 10.3 Å². The molecule has 0 aliphatic carbocycles. The number of para-hydroxylation sites is 1. The molecule has 0 saturated heterocycles. The van der Waals surface area contributed by atoms with Gasteiger partial charge in [0, 0.05) is 23.7 Å². The molecule has 0 unspecified atom stereocenters. The van der Waals surface area contributed by atoms with E-state index in [4.69, 9.17) is 0 Å². The molecule has 0 radical (unpaired) electrons. The minimum Gasteiger partial charge on any atom is -0.352 e. The molecule has 1 amide bonds. The van der Waals surface area contributed by atoms with E-state index in [0.717, 1.165) is 11.8 Å². The standard InChI is InChI=1S/C19H19N3O3S/c1-2-11-21-19(23)15-7-3-9-16(13-15)26(24,25)22-17-10-4-6-14-8-5-12-20-18(14)17/h3-10,12-13,22H,2,11H2,1H3,(H,21,23). The SMILES string of the molecule is CCCNC(=O)c1cccc(S(=O)(=O)Nc2cccc3cccnc23)c1. The van der Waals surface area contributed by atoms with Crippen LogP contribution in [0.3, 0.4) is 0 Å². The summed E-state index contributed by atoms with van der Waals surface area (Å²) in [5.41, 5.74) is 1.26. The highest BCUT2D eigenvalue weighted by molar-refractivity contribution is 7.92. The molecular weight excluding hydrogens is 350 g/mol. The lowest BCUT2D eigenvalue weighted by atomic mass is 10.2. The van der Waals surface area contributed by atoms with Crippen LogP contribution in [0.15, 0.2) is 65.7 Å². The summed E-state index contributed by atoms with van der Waals surface area (Å²) in [6.45, 7) is 2.49. The minimum absolute atomic E-state index is 0.0228. The molecule has 0 saturated carbocycles. The first-order chi connectivity index (χ1) is 12.5.